The second-order valence-electron chi connectivity index (χ2n) is 3.28. The maximum Gasteiger partial charge on any atom is 0.407 e. The van der Waals surface area contributed by atoms with E-state index in [4.69, 9.17) is 15.2 Å². The number of alkyl halides is 3. The summed E-state index contributed by atoms with van der Waals surface area (Å²) in [5.74, 6) is -0.616. The van der Waals surface area contributed by atoms with Gasteiger partial charge in [-0.15, -0.1) is 12.4 Å². The molecule has 0 aliphatic carbocycles. The fourth-order valence-corrected chi connectivity index (χ4v) is 1.35. The van der Waals surface area contributed by atoms with Gasteiger partial charge in [-0.3, -0.25) is 0 Å². The Hall–Kier alpha value is -1.34. The molecule has 0 spiro atoms. The Labute approximate surface area is 108 Å². The maximum absolute atomic E-state index is 12.5. The normalized spacial score (nSPS) is 12.6. The SMILES string of the molecule is COc1cc(O)c([C@H](N)C(F)(F)F)c(OC)c1.Cl. The van der Waals surface area contributed by atoms with Crippen LogP contribution in [0.2, 0.25) is 0 Å². The number of phenols is 1. The van der Waals surface area contributed by atoms with E-state index in [1.165, 1.54) is 20.3 Å². The number of rotatable bonds is 3. The van der Waals surface area contributed by atoms with Crippen molar-refractivity contribution < 1.29 is 27.8 Å². The summed E-state index contributed by atoms with van der Waals surface area (Å²) in [6, 6.07) is -0.0484. The number of hydrogen-bond donors (Lipinski definition) is 2. The number of benzene rings is 1. The van der Waals surface area contributed by atoms with E-state index in [-0.39, 0.29) is 23.9 Å². The first kappa shape index (κ1) is 16.7. The van der Waals surface area contributed by atoms with Crippen molar-refractivity contribution in [3.8, 4) is 17.2 Å². The van der Waals surface area contributed by atoms with Crippen molar-refractivity contribution >= 4 is 12.4 Å². The van der Waals surface area contributed by atoms with Gasteiger partial charge in [-0.25, -0.2) is 0 Å². The Morgan fingerprint density at radius 1 is 1.22 bits per heavy atom. The monoisotopic (exact) mass is 287 g/mol. The quantitative estimate of drug-likeness (QED) is 0.896. The zero-order valence-electron chi connectivity index (χ0n) is 9.62. The first-order valence-electron chi connectivity index (χ1n) is 4.58. The van der Waals surface area contributed by atoms with Crippen LogP contribution in [-0.2, 0) is 0 Å². The number of halogens is 4. The van der Waals surface area contributed by atoms with E-state index in [9.17, 15) is 18.3 Å². The fraction of sp³-hybridized carbons (Fsp3) is 0.400. The lowest BCUT2D eigenvalue weighted by atomic mass is 10.0. The Morgan fingerprint density at radius 3 is 2.17 bits per heavy atom. The van der Waals surface area contributed by atoms with Crippen LogP contribution in [-0.4, -0.2) is 25.5 Å². The molecule has 0 unspecified atom stereocenters. The molecule has 0 aliphatic rings. The topological polar surface area (TPSA) is 64.7 Å². The second-order valence-corrected chi connectivity index (χ2v) is 3.28. The Morgan fingerprint density at radius 2 is 1.78 bits per heavy atom. The molecule has 0 aromatic heterocycles. The molecule has 1 aromatic carbocycles. The minimum Gasteiger partial charge on any atom is -0.507 e. The van der Waals surface area contributed by atoms with Crippen molar-refractivity contribution in [2.75, 3.05) is 14.2 Å². The van der Waals surface area contributed by atoms with Gasteiger partial charge in [0.25, 0.3) is 0 Å². The van der Waals surface area contributed by atoms with Gasteiger partial charge in [0.15, 0.2) is 0 Å². The zero-order valence-corrected chi connectivity index (χ0v) is 10.4. The number of aromatic hydroxyl groups is 1. The predicted molar refractivity (Wildman–Crippen MR) is 61.4 cm³/mol. The van der Waals surface area contributed by atoms with Crippen LogP contribution in [0.3, 0.4) is 0 Å². The molecule has 0 fully saturated rings. The molecule has 0 amide bonds. The van der Waals surface area contributed by atoms with Gasteiger partial charge in [0.05, 0.1) is 19.8 Å². The molecular formula is C10H13ClF3NO3. The number of ether oxygens (including phenoxy) is 2. The van der Waals surface area contributed by atoms with Crippen LogP contribution < -0.4 is 15.2 Å². The van der Waals surface area contributed by atoms with Gasteiger partial charge in [0.2, 0.25) is 0 Å². The van der Waals surface area contributed by atoms with Crippen LogP contribution in [0.15, 0.2) is 12.1 Å². The van der Waals surface area contributed by atoms with Crippen molar-refractivity contribution in [2.24, 2.45) is 5.73 Å². The molecule has 1 aromatic rings. The molecule has 18 heavy (non-hydrogen) atoms. The lowest BCUT2D eigenvalue weighted by Crippen LogP contribution is -2.29. The van der Waals surface area contributed by atoms with Crippen molar-refractivity contribution in [2.45, 2.75) is 12.2 Å². The molecule has 0 saturated carbocycles. The molecule has 0 saturated heterocycles. The van der Waals surface area contributed by atoms with Gasteiger partial charge >= 0.3 is 6.18 Å². The van der Waals surface area contributed by atoms with Crippen molar-refractivity contribution in [3.63, 3.8) is 0 Å². The minimum atomic E-state index is -4.67. The third kappa shape index (κ3) is 3.33. The van der Waals surface area contributed by atoms with Crippen LogP contribution in [0.25, 0.3) is 0 Å². The van der Waals surface area contributed by atoms with Crippen LogP contribution >= 0.6 is 12.4 Å². The van der Waals surface area contributed by atoms with E-state index in [2.05, 4.69) is 0 Å². The van der Waals surface area contributed by atoms with E-state index in [1.54, 1.807) is 0 Å². The van der Waals surface area contributed by atoms with E-state index in [0.29, 0.717) is 0 Å². The standard InChI is InChI=1S/C10H12F3NO3.ClH/c1-16-5-3-6(15)8(7(4-5)17-2)9(14)10(11,12)13;/h3-4,9,15H,14H2,1-2H3;1H/t9-;/m0./s1. The van der Waals surface area contributed by atoms with E-state index >= 15 is 0 Å². The average molecular weight is 288 g/mol. The molecule has 0 aliphatic heterocycles. The van der Waals surface area contributed by atoms with Gasteiger partial charge in [-0.2, -0.15) is 13.2 Å². The molecule has 0 bridgehead atoms. The smallest absolute Gasteiger partial charge is 0.407 e. The Bertz CT molecular complexity index is 412. The van der Waals surface area contributed by atoms with Crippen LogP contribution in [0.1, 0.15) is 11.6 Å². The van der Waals surface area contributed by atoms with Crippen molar-refractivity contribution in [1.29, 1.82) is 0 Å². The highest BCUT2D eigenvalue weighted by atomic mass is 35.5. The Balaban J connectivity index is 0.00000289. The highest BCUT2D eigenvalue weighted by molar-refractivity contribution is 5.85. The third-order valence-corrected chi connectivity index (χ3v) is 2.21. The van der Waals surface area contributed by atoms with Gasteiger partial charge in [0.1, 0.15) is 23.3 Å². The summed E-state index contributed by atoms with van der Waals surface area (Å²) in [5, 5.41) is 9.53. The van der Waals surface area contributed by atoms with Crippen LogP contribution in [0.4, 0.5) is 13.2 Å². The van der Waals surface area contributed by atoms with Gasteiger partial charge < -0.3 is 20.3 Å². The Kier molecular flexibility index (Phi) is 5.56. The summed E-state index contributed by atoms with van der Waals surface area (Å²) in [5.41, 5.74) is 4.52. The van der Waals surface area contributed by atoms with E-state index in [0.717, 1.165) is 6.07 Å². The molecule has 1 rings (SSSR count). The molecule has 0 heterocycles. The molecular weight excluding hydrogens is 275 g/mol. The van der Waals surface area contributed by atoms with Crippen molar-refractivity contribution in [1.82, 2.24) is 0 Å². The largest absolute Gasteiger partial charge is 0.507 e. The molecule has 104 valence electrons. The maximum atomic E-state index is 12.5. The summed E-state index contributed by atoms with van der Waals surface area (Å²) in [4.78, 5) is 0. The lowest BCUT2D eigenvalue weighted by molar-refractivity contribution is -0.149. The molecule has 8 heteroatoms. The first-order valence-corrected chi connectivity index (χ1v) is 4.58. The average Bonchev–Trinajstić information content (AvgIpc) is 2.25. The highest BCUT2D eigenvalue weighted by Gasteiger charge is 2.41. The summed E-state index contributed by atoms with van der Waals surface area (Å²) < 4.78 is 47.0. The molecule has 1 atom stereocenters. The van der Waals surface area contributed by atoms with E-state index < -0.39 is 23.5 Å². The fourth-order valence-electron chi connectivity index (χ4n) is 1.35. The number of phenolic OH excluding ortho intramolecular Hbond substituents is 1. The highest BCUT2D eigenvalue weighted by Crippen LogP contribution is 2.42. The summed E-state index contributed by atoms with van der Waals surface area (Å²) in [6.45, 7) is 0. The first-order chi connectivity index (χ1) is 7.81. The zero-order chi connectivity index (χ0) is 13.2. The van der Waals surface area contributed by atoms with Gasteiger partial charge in [-0.05, 0) is 0 Å². The summed E-state index contributed by atoms with van der Waals surface area (Å²) >= 11 is 0. The number of nitrogens with two attached hydrogens (primary N) is 1. The third-order valence-electron chi connectivity index (χ3n) is 2.21. The van der Waals surface area contributed by atoms with E-state index in [1.807, 2.05) is 0 Å². The van der Waals surface area contributed by atoms with Crippen molar-refractivity contribution in [3.05, 3.63) is 17.7 Å². The lowest BCUT2D eigenvalue weighted by Gasteiger charge is -2.20. The van der Waals surface area contributed by atoms with Gasteiger partial charge in [0, 0.05) is 12.1 Å². The predicted octanol–water partition coefficient (Wildman–Crippen LogP) is 2.39. The number of hydrogen-bond acceptors (Lipinski definition) is 4. The summed E-state index contributed by atoms with van der Waals surface area (Å²) in [6.07, 6.45) is -4.67. The van der Waals surface area contributed by atoms with Crippen LogP contribution in [0, 0.1) is 0 Å². The van der Waals surface area contributed by atoms with Gasteiger partial charge in [-0.1, -0.05) is 0 Å². The number of methoxy groups -OCH3 is 2. The molecule has 0 radical (unpaired) electrons. The second kappa shape index (κ2) is 6.01. The summed E-state index contributed by atoms with van der Waals surface area (Å²) in [7, 11) is 2.50. The molecule has 3 N–H and O–H groups in total. The molecule has 4 nitrogen and oxygen atoms in total. The minimum absolute atomic E-state index is 0. The van der Waals surface area contributed by atoms with Crippen LogP contribution in [0.5, 0.6) is 17.2 Å².